The van der Waals surface area contributed by atoms with Crippen LogP contribution >= 0.6 is 0 Å². The number of carbonyl (C=O) groups excluding carboxylic acids is 1. The summed E-state index contributed by atoms with van der Waals surface area (Å²) in [5.74, 6) is 0.182. The van der Waals surface area contributed by atoms with Crippen LogP contribution in [0, 0.1) is 5.92 Å². The van der Waals surface area contributed by atoms with Gasteiger partial charge < -0.3 is 21.5 Å². The lowest BCUT2D eigenvalue weighted by molar-refractivity contribution is 0.0964. The molecule has 0 saturated carbocycles. The SMILES string of the molecule is CNC(=O)c1ccc(N)cc1NCC(C)CCO. The van der Waals surface area contributed by atoms with Crippen molar-refractivity contribution >= 4 is 17.3 Å². The van der Waals surface area contributed by atoms with Gasteiger partial charge in [0.15, 0.2) is 0 Å². The molecule has 5 N–H and O–H groups in total. The number of rotatable bonds is 6. The number of hydrogen-bond donors (Lipinski definition) is 4. The van der Waals surface area contributed by atoms with E-state index >= 15 is 0 Å². The van der Waals surface area contributed by atoms with Crippen molar-refractivity contribution in [3.05, 3.63) is 23.8 Å². The Hall–Kier alpha value is -1.75. The van der Waals surface area contributed by atoms with E-state index in [-0.39, 0.29) is 12.5 Å². The smallest absolute Gasteiger partial charge is 0.253 e. The molecule has 0 aliphatic rings. The van der Waals surface area contributed by atoms with Crippen LogP contribution in [0.25, 0.3) is 0 Å². The second-order valence-corrected chi connectivity index (χ2v) is 4.38. The van der Waals surface area contributed by atoms with Gasteiger partial charge >= 0.3 is 0 Å². The summed E-state index contributed by atoms with van der Waals surface area (Å²) in [6.07, 6.45) is 0.727. The van der Waals surface area contributed by atoms with Crippen molar-refractivity contribution in [3.63, 3.8) is 0 Å². The Labute approximate surface area is 107 Å². The molecule has 0 heterocycles. The molecule has 0 radical (unpaired) electrons. The van der Waals surface area contributed by atoms with Gasteiger partial charge in [0.2, 0.25) is 0 Å². The molecule has 100 valence electrons. The molecule has 0 aromatic heterocycles. The van der Waals surface area contributed by atoms with E-state index in [1.165, 1.54) is 0 Å². The average molecular weight is 251 g/mol. The van der Waals surface area contributed by atoms with Crippen molar-refractivity contribution in [1.82, 2.24) is 5.32 Å². The van der Waals surface area contributed by atoms with Crippen molar-refractivity contribution < 1.29 is 9.90 Å². The van der Waals surface area contributed by atoms with Gasteiger partial charge in [0.05, 0.1) is 5.56 Å². The van der Waals surface area contributed by atoms with E-state index in [9.17, 15) is 4.79 Å². The van der Waals surface area contributed by atoms with Crippen molar-refractivity contribution in [2.45, 2.75) is 13.3 Å². The normalized spacial score (nSPS) is 11.9. The first-order valence-corrected chi connectivity index (χ1v) is 6.04. The number of hydrogen-bond acceptors (Lipinski definition) is 4. The number of aliphatic hydroxyl groups excluding tert-OH is 1. The third-order valence-electron chi connectivity index (χ3n) is 2.78. The van der Waals surface area contributed by atoms with Crippen LogP contribution in [0.4, 0.5) is 11.4 Å². The zero-order valence-corrected chi connectivity index (χ0v) is 10.9. The highest BCUT2D eigenvalue weighted by Crippen LogP contribution is 2.20. The van der Waals surface area contributed by atoms with Gasteiger partial charge in [-0.15, -0.1) is 0 Å². The number of carbonyl (C=O) groups is 1. The summed E-state index contributed by atoms with van der Waals surface area (Å²) in [5, 5.41) is 14.6. The molecule has 0 fully saturated rings. The maximum atomic E-state index is 11.7. The third kappa shape index (κ3) is 3.92. The third-order valence-corrected chi connectivity index (χ3v) is 2.78. The van der Waals surface area contributed by atoms with Gasteiger partial charge in [0.25, 0.3) is 5.91 Å². The largest absolute Gasteiger partial charge is 0.399 e. The summed E-state index contributed by atoms with van der Waals surface area (Å²) in [5.41, 5.74) is 7.63. The van der Waals surface area contributed by atoms with E-state index in [2.05, 4.69) is 10.6 Å². The maximum Gasteiger partial charge on any atom is 0.253 e. The Balaban J connectivity index is 2.79. The average Bonchev–Trinajstić information content (AvgIpc) is 2.36. The Bertz CT molecular complexity index is 407. The van der Waals surface area contributed by atoms with E-state index in [4.69, 9.17) is 10.8 Å². The summed E-state index contributed by atoms with van der Waals surface area (Å²) < 4.78 is 0. The van der Waals surface area contributed by atoms with Crippen LogP contribution < -0.4 is 16.4 Å². The Morgan fingerprint density at radius 1 is 1.50 bits per heavy atom. The van der Waals surface area contributed by atoms with Gasteiger partial charge in [-0.1, -0.05) is 6.92 Å². The minimum atomic E-state index is -0.146. The van der Waals surface area contributed by atoms with Gasteiger partial charge in [0.1, 0.15) is 0 Å². The molecule has 0 aliphatic carbocycles. The van der Waals surface area contributed by atoms with Crippen LogP contribution in [0.3, 0.4) is 0 Å². The lowest BCUT2D eigenvalue weighted by Gasteiger charge is -2.15. The fraction of sp³-hybridized carbons (Fsp3) is 0.462. The minimum absolute atomic E-state index is 0.146. The summed E-state index contributed by atoms with van der Waals surface area (Å²) in [6, 6.07) is 5.15. The molecule has 0 spiro atoms. The zero-order valence-electron chi connectivity index (χ0n) is 10.9. The van der Waals surface area contributed by atoms with E-state index in [0.717, 1.165) is 12.1 Å². The van der Waals surface area contributed by atoms with Gasteiger partial charge in [-0.25, -0.2) is 0 Å². The second kappa shape index (κ2) is 6.86. The first-order chi connectivity index (χ1) is 8.58. The summed E-state index contributed by atoms with van der Waals surface area (Å²) in [4.78, 5) is 11.7. The molecule has 0 saturated heterocycles. The topological polar surface area (TPSA) is 87.4 Å². The van der Waals surface area contributed by atoms with Crippen LogP contribution in [-0.2, 0) is 0 Å². The molecule has 5 heteroatoms. The summed E-state index contributed by atoms with van der Waals surface area (Å²) in [6.45, 7) is 2.89. The summed E-state index contributed by atoms with van der Waals surface area (Å²) in [7, 11) is 1.59. The highest BCUT2D eigenvalue weighted by atomic mass is 16.3. The van der Waals surface area contributed by atoms with Crippen LogP contribution in [0.5, 0.6) is 0 Å². The fourth-order valence-corrected chi connectivity index (χ4v) is 1.65. The standard InChI is InChI=1S/C13H21N3O2/c1-9(5-6-17)8-16-12-7-10(14)3-4-11(12)13(18)15-2/h3-4,7,9,16-17H,5-6,8,14H2,1-2H3,(H,15,18). The Kier molecular flexibility index (Phi) is 5.45. The molecule has 0 aliphatic heterocycles. The molecule has 5 nitrogen and oxygen atoms in total. The first-order valence-electron chi connectivity index (χ1n) is 6.04. The number of benzene rings is 1. The monoisotopic (exact) mass is 251 g/mol. The lowest BCUT2D eigenvalue weighted by Crippen LogP contribution is -2.21. The molecular weight excluding hydrogens is 230 g/mol. The number of anilines is 2. The maximum absolute atomic E-state index is 11.7. The molecule has 1 unspecified atom stereocenters. The van der Waals surface area contributed by atoms with Crippen LogP contribution in [0.1, 0.15) is 23.7 Å². The number of amides is 1. The Morgan fingerprint density at radius 2 is 2.22 bits per heavy atom. The van der Waals surface area contributed by atoms with Gasteiger partial charge in [-0.3, -0.25) is 4.79 Å². The first kappa shape index (κ1) is 14.3. The second-order valence-electron chi connectivity index (χ2n) is 4.38. The fourth-order valence-electron chi connectivity index (χ4n) is 1.65. The van der Waals surface area contributed by atoms with Crippen LogP contribution in [0.15, 0.2) is 18.2 Å². The Morgan fingerprint density at radius 3 is 2.83 bits per heavy atom. The molecule has 0 bridgehead atoms. The molecule has 1 aromatic rings. The van der Waals surface area contributed by atoms with Gasteiger partial charge in [0, 0.05) is 31.6 Å². The van der Waals surface area contributed by atoms with E-state index in [1.807, 2.05) is 6.92 Å². The van der Waals surface area contributed by atoms with Gasteiger partial charge in [-0.2, -0.15) is 0 Å². The molecular formula is C13H21N3O2. The van der Waals surface area contributed by atoms with Crippen molar-refractivity contribution in [3.8, 4) is 0 Å². The molecule has 1 rings (SSSR count). The van der Waals surface area contributed by atoms with E-state index < -0.39 is 0 Å². The number of nitrogen functional groups attached to an aromatic ring is 1. The van der Waals surface area contributed by atoms with Crippen molar-refractivity contribution in [2.75, 3.05) is 31.2 Å². The highest BCUT2D eigenvalue weighted by Gasteiger charge is 2.11. The zero-order chi connectivity index (χ0) is 13.5. The molecule has 1 amide bonds. The number of aliphatic hydroxyl groups is 1. The van der Waals surface area contributed by atoms with E-state index in [1.54, 1.807) is 25.2 Å². The van der Waals surface area contributed by atoms with Crippen molar-refractivity contribution in [2.24, 2.45) is 5.92 Å². The predicted octanol–water partition coefficient (Wildman–Crippen LogP) is 1.06. The lowest BCUT2D eigenvalue weighted by atomic mass is 10.1. The minimum Gasteiger partial charge on any atom is -0.399 e. The van der Waals surface area contributed by atoms with E-state index in [0.29, 0.717) is 23.7 Å². The van der Waals surface area contributed by atoms with Crippen molar-refractivity contribution in [1.29, 1.82) is 0 Å². The van der Waals surface area contributed by atoms with Crippen LogP contribution in [-0.4, -0.2) is 31.2 Å². The molecule has 18 heavy (non-hydrogen) atoms. The number of nitrogens with one attached hydrogen (secondary N) is 2. The molecule has 1 atom stereocenters. The number of nitrogens with two attached hydrogens (primary N) is 1. The predicted molar refractivity (Wildman–Crippen MR) is 73.6 cm³/mol. The van der Waals surface area contributed by atoms with Crippen LogP contribution in [0.2, 0.25) is 0 Å². The highest BCUT2D eigenvalue weighted by molar-refractivity contribution is 6.00. The summed E-state index contributed by atoms with van der Waals surface area (Å²) >= 11 is 0. The quantitative estimate of drug-likeness (QED) is 0.569. The van der Waals surface area contributed by atoms with Gasteiger partial charge in [-0.05, 0) is 30.5 Å². The molecule has 1 aromatic carbocycles.